The SMILES string of the molecule is CCN(Cc1nc(-c2ccc(F)cc2)cs1)C1CCS(=O)(=O)C1. The third kappa shape index (κ3) is 3.97. The molecule has 0 radical (unpaired) electrons. The Hall–Kier alpha value is -1.31. The number of rotatable bonds is 5. The number of benzene rings is 1. The largest absolute Gasteiger partial charge is 0.293 e. The Kier molecular flexibility index (Phi) is 4.79. The molecule has 2 aromatic rings. The van der Waals surface area contributed by atoms with E-state index in [9.17, 15) is 12.8 Å². The van der Waals surface area contributed by atoms with Gasteiger partial charge in [-0.3, -0.25) is 4.90 Å². The van der Waals surface area contributed by atoms with Crippen LogP contribution in [-0.4, -0.2) is 42.4 Å². The third-order valence-corrected chi connectivity index (χ3v) is 6.74. The van der Waals surface area contributed by atoms with Crippen molar-refractivity contribution in [2.75, 3.05) is 18.1 Å². The highest BCUT2D eigenvalue weighted by atomic mass is 32.2. The van der Waals surface area contributed by atoms with Gasteiger partial charge in [0.15, 0.2) is 9.84 Å². The molecule has 1 unspecified atom stereocenters. The molecule has 0 spiro atoms. The van der Waals surface area contributed by atoms with Crippen molar-refractivity contribution in [2.24, 2.45) is 0 Å². The molecule has 1 aromatic carbocycles. The molecule has 0 aliphatic carbocycles. The van der Waals surface area contributed by atoms with Crippen LogP contribution in [-0.2, 0) is 16.4 Å². The lowest BCUT2D eigenvalue weighted by atomic mass is 10.2. The number of nitrogens with zero attached hydrogens (tertiary/aromatic N) is 2. The molecule has 1 atom stereocenters. The first-order valence-electron chi connectivity index (χ1n) is 7.61. The van der Waals surface area contributed by atoms with Gasteiger partial charge in [-0.25, -0.2) is 17.8 Å². The van der Waals surface area contributed by atoms with E-state index in [4.69, 9.17) is 0 Å². The molecular formula is C16H19FN2O2S2. The molecule has 1 aromatic heterocycles. The second-order valence-corrected chi connectivity index (χ2v) is 8.92. The van der Waals surface area contributed by atoms with Gasteiger partial charge in [-0.2, -0.15) is 0 Å². The Labute approximate surface area is 139 Å². The molecule has 0 bridgehead atoms. The fraction of sp³-hybridized carbons (Fsp3) is 0.438. The van der Waals surface area contributed by atoms with E-state index >= 15 is 0 Å². The van der Waals surface area contributed by atoms with Crippen molar-refractivity contribution in [2.45, 2.75) is 25.9 Å². The minimum atomic E-state index is -2.88. The quantitative estimate of drug-likeness (QED) is 0.828. The zero-order chi connectivity index (χ0) is 16.4. The van der Waals surface area contributed by atoms with E-state index in [1.807, 2.05) is 12.3 Å². The molecule has 2 heterocycles. The standard InChI is InChI=1S/C16H19FN2O2S2/c1-2-19(14-7-8-23(20,21)11-14)9-16-18-15(10-22-16)12-3-5-13(17)6-4-12/h3-6,10,14H,2,7-9,11H2,1H3. The van der Waals surface area contributed by atoms with Crippen molar-refractivity contribution in [1.29, 1.82) is 0 Å². The highest BCUT2D eigenvalue weighted by molar-refractivity contribution is 7.91. The summed E-state index contributed by atoms with van der Waals surface area (Å²) >= 11 is 1.55. The summed E-state index contributed by atoms with van der Waals surface area (Å²) in [5.74, 6) is 0.271. The van der Waals surface area contributed by atoms with Gasteiger partial charge in [-0.1, -0.05) is 6.92 Å². The fourth-order valence-electron chi connectivity index (χ4n) is 2.87. The van der Waals surface area contributed by atoms with E-state index in [1.54, 1.807) is 23.5 Å². The molecule has 1 aliphatic heterocycles. The number of thiazole rings is 1. The normalized spacial score (nSPS) is 20.2. The van der Waals surface area contributed by atoms with Crippen LogP contribution in [0.4, 0.5) is 4.39 Å². The van der Waals surface area contributed by atoms with Crippen molar-refractivity contribution in [3.8, 4) is 11.3 Å². The van der Waals surface area contributed by atoms with Gasteiger partial charge in [0.1, 0.15) is 10.8 Å². The maximum absolute atomic E-state index is 13.0. The van der Waals surface area contributed by atoms with Crippen LogP contribution < -0.4 is 0 Å². The van der Waals surface area contributed by atoms with Crippen LogP contribution in [0, 0.1) is 5.82 Å². The summed E-state index contributed by atoms with van der Waals surface area (Å²) in [5.41, 5.74) is 1.72. The molecule has 4 nitrogen and oxygen atoms in total. The smallest absolute Gasteiger partial charge is 0.151 e. The Morgan fingerprint density at radius 2 is 2.09 bits per heavy atom. The van der Waals surface area contributed by atoms with Crippen LogP contribution in [0.15, 0.2) is 29.6 Å². The minimum absolute atomic E-state index is 0.0863. The van der Waals surface area contributed by atoms with Crippen LogP contribution in [0.2, 0.25) is 0 Å². The summed E-state index contributed by atoms with van der Waals surface area (Å²) < 4.78 is 36.3. The molecule has 0 N–H and O–H groups in total. The van der Waals surface area contributed by atoms with Crippen molar-refractivity contribution in [3.05, 3.63) is 40.5 Å². The zero-order valence-corrected chi connectivity index (χ0v) is 14.5. The van der Waals surface area contributed by atoms with Gasteiger partial charge in [0.05, 0.1) is 23.7 Å². The molecule has 0 amide bonds. The topological polar surface area (TPSA) is 50.3 Å². The predicted molar refractivity (Wildman–Crippen MR) is 90.7 cm³/mol. The first-order valence-corrected chi connectivity index (χ1v) is 10.3. The second-order valence-electron chi connectivity index (χ2n) is 5.75. The molecule has 1 aliphatic rings. The van der Waals surface area contributed by atoms with Gasteiger partial charge in [0, 0.05) is 17.0 Å². The molecule has 7 heteroatoms. The van der Waals surface area contributed by atoms with E-state index in [0.717, 1.165) is 22.8 Å². The summed E-state index contributed by atoms with van der Waals surface area (Å²) in [5, 5.41) is 2.91. The Morgan fingerprint density at radius 3 is 2.70 bits per heavy atom. The highest BCUT2D eigenvalue weighted by Gasteiger charge is 2.31. The van der Waals surface area contributed by atoms with Gasteiger partial charge in [0.2, 0.25) is 0 Å². The maximum atomic E-state index is 13.0. The number of halogens is 1. The van der Waals surface area contributed by atoms with Crippen molar-refractivity contribution >= 4 is 21.2 Å². The van der Waals surface area contributed by atoms with E-state index in [0.29, 0.717) is 13.0 Å². The Morgan fingerprint density at radius 1 is 1.35 bits per heavy atom. The molecular weight excluding hydrogens is 335 g/mol. The predicted octanol–water partition coefficient (Wildman–Crippen LogP) is 2.96. The molecule has 1 fully saturated rings. The average molecular weight is 354 g/mol. The van der Waals surface area contributed by atoms with Crippen LogP contribution in [0.5, 0.6) is 0 Å². The first kappa shape index (κ1) is 16.5. The minimum Gasteiger partial charge on any atom is -0.293 e. The number of aromatic nitrogens is 1. The molecule has 23 heavy (non-hydrogen) atoms. The van der Waals surface area contributed by atoms with Gasteiger partial charge in [0.25, 0.3) is 0 Å². The molecule has 3 rings (SSSR count). The van der Waals surface area contributed by atoms with E-state index in [1.165, 1.54) is 12.1 Å². The average Bonchev–Trinajstić information content (AvgIpc) is 3.12. The maximum Gasteiger partial charge on any atom is 0.151 e. The van der Waals surface area contributed by atoms with Crippen LogP contribution >= 0.6 is 11.3 Å². The monoisotopic (exact) mass is 354 g/mol. The fourth-order valence-corrected chi connectivity index (χ4v) is 5.46. The highest BCUT2D eigenvalue weighted by Crippen LogP contribution is 2.25. The van der Waals surface area contributed by atoms with Crippen molar-refractivity contribution < 1.29 is 12.8 Å². The summed E-state index contributed by atoms with van der Waals surface area (Å²) in [6.45, 7) is 3.49. The number of hydrogen-bond acceptors (Lipinski definition) is 5. The number of hydrogen-bond donors (Lipinski definition) is 0. The van der Waals surface area contributed by atoms with Crippen molar-refractivity contribution in [1.82, 2.24) is 9.88 Å². The van der Waals surface area contributed by atoms with Crippen molar-refractivity contribution in [3.63, 3.8) is 0 Å². The molecule has 0 saturated carbocycles. The summed E-state index contributed by atoms with van der Waals surface area (Å²) in [6, 6.07) is 6.37. The summed E-state index contributed by atoms with van der Waals surface area (Å²) in [6.07, 6.45) is 0.701. The van der Waals surface area contributed by atoms with Crippen LogP contribution in [0.1, 0.15) is 18.4 Å². The second kappa shape index (κ2) is 6.67. The lowest BCUT2D eigenvalue weighted by molar-refractivity contribution is 0.214. The van der Waals surface area contributed by atoms with Crippen LogP contribution in [0.3, 0.4) is 0 Å². The van der Waals surface area contributed by atoms with Crippen LogP contribution in [0.25, 0.3) is 11.3 Å². The summed E-state index contributed by atoms with van der Waals surface area (Å²) in [4.78, 5) is 6.79. The Bertz CT molecular complexity index is 772. The van der Waals surface area contributed by atoms with E-state index < -0.39 is 9.84 Å². The molecule has 1 saturated heterocycles. The first-order chi connectivity index (χ1) is 11.0. The van der Waals surface area contributed by atoms with E-state index in [2.05, 4.69) is 9.88 Å². The van der Waals surface area contributed by atoms with Gasteiger partial charge < -0.3 is 0 Å². The number of sulfone groups is 1. The van der Waals surface area contributed by atoms with E-state index in [-0.39, 0.29) is 23.4 Å². The zero-order valence-electron chi connectivity index (χ0n) is 12.9. The van der Waals surface area contributed by atoms with Gasteiger partial charge in [-0.05, 0) is 37.2 Å². The lowest BCUT2D eigenvalue weighted by Gasteiger charge is -2.25. The Balaban J connectivity index is 1.71. The molecule has 124 valence electrons. The van der Waals surface area contributed by atoms with Gasteiger partial charge >= 0.3 is 0 Å². The lowest BCUT2D eigenvalue weighted by Crippen LogP contribution is -2.35. The summed E-state index contributed by atoms with van der Waals surface area (Å²) in [7, 11) is -2.88. The van der Waals surface area contributed by atoms with Gasteiger partial charge in [-0.15, -0.1) is 11.3 Å². The third-order valence-electron chi connectivity index (χ3n) is 4.16.